The molecule has 0 amide bonds. The summed E-state index contributed by atoms with van der Waals surface area (Å²) in [6.07, 6.45) is -3.30. The Balaban J connectivity index is 2.04. The van der Waals surface area contributed by atoms with Crippen LogP contribution in [0.2, 0.25) is 0 Å². The molecule has 1 heterocycles. The van der Waals surface area contributed by atoms with Crippen molar-refractivity contribution in [1.82, 2.24) is 4.90 Å². The number of nitrogens with two attached hydrogens (primary N) is 1. The van der Waals surface area contributed by atoms with Crippen molar-refractivity contribution < 1.29 is 13.2 Å². The summed E-state index contributed by atoms with van der Waals surface area (Å²) in [5.74, 6) is -1.22. The number of halogens is 3. The van der Waals surface area contributed by atoms with E-state index in [0.717, 1.165) is 11.1 Å². The molecule has 0 spiro atoms. The highest BCUT2D eigenvalue weighted by Crippen LogP contribution is 2.34. The molecule has 1 fully saturated rings. The van der Waals surface area contributed by atoms with E-state index in [2.05, 4.69) is 0 Å². The van der Waals surface area contributed by atoms with Crippen LogP contribution in [0, 0.1) is 12.8 Å². The zero-order valence-electron chi connectivity index (χ0n) is 12.5. The molecule has 0 aromatic heterocycles. The van der Waals surface area contributed by atoms with Crippen LogP contribution < -0.4 is 5.73 Å². The average molecular weight is 300 g/mol. The van der Waals surface area contributed by atoms with Crippen LogP contribution in [0.25, 0.3) is 0 Å². The smallest absolute Gasteiger partial charge is 0.323 e. The van der Waals surface area contributed by atoms with E-state index < -0.39 is 12.1 Å². The Morgan fingerprint density at radius 1 is 1.24 bits per heavy atom. The van der Waals surface area contributed by atoms with Crippen molar-refractivity contribution in [3.05, 3.63) is 35.4 Å². The van der Waals surface area contributed by atoms with Gasteiger partial charge in [0, 0.05) is 18.6 Å². The van der Waals surface area contributed by atoms with E-state index in [9.17, 15) is 13.2 Å². The van der Waals surface area contributed by atoms with Gasteiger partial charge in [0.05, 0.1) is 5.92 Å². The van der Waals surface area contributed by atoms with Crippen molar-refractivity contribution in [3.63, 3.8) is 0 Å². The molecule has 1 aromatic rings. The second-order valence-corrected chi connectivity index (χ2v) is 6.05. The summed E-state index contributed by atoms with van der Waals surface area (Å²) in [5.41, 5.74) is 8.37. The Hall–Kier alpha value is -1.07. The SMILES string of the molecule is Cc1ccc(C(N)C(C)N2CCCC(C(F)(F)F)C2)cc1. The molecule has 0 radical (unpaired) electrons. The second kappa shape index (κ2) is 6.36. The van der Waals surface area contributed by atoms with Gasteiger partial charge in [0.2, 0.25) is 0 Å². The van der Waals surface area contributed by atoms with Crippen LogP contribution in [0.5, 0.6) is 0 Å². The zero-order valence-corrected chi connectivity index (χ0v) is 12.5. The van der Waals surface area contributed by atoms with Crippen LogP contribution >= 0.6 is 0 Å². The molecule has 1 saturated heterocycles. The number of hydrogen-bond acceptors (Lipinski definition) is 2. The molecular formula is C16H23F3N2. The fourth-order valence-electron chi connectivity index (χ4n) is 2.94. The van der Waals surface area contributed by atoms with Crippen LogP contribution in [-0.4, -0.2) is 30.2 Å². The molecule has 21 heavy (non-hydrogen) atoms. The van der Waals surface area contributed by atoms with Crippen LogP contribution in [0.15, 0.2) is 24.3 Å². The molecule has 118 valence electrons. The molecule has 2 nitrogen and oxygen atoms in total. The van der Waals surface area contributed by atoms with Crippen molar-refractivity contribution >= 4 is 0 Å². The monoisotopic (exact) mass is 300 g/mol. The molecule has 3 unspecified atom stereocenters. The Labute approximate surface area is 124 Å². The lowest BCUT2D eigenvalue weighted by Gasteiger charge is -2.39. The van der Waals surface area contributed by atoms with E-state index in [1.54, 1.807) is 0 Å². The number of rotatable bonds is 3. The Morgan fingerprint density at radius 3 is 2.43 bits per heavy atom. The highest BCUT2D eigenvalue weighted by molar-refractivity contribution is 5.24. The van der Waals surface area contributed by atoms with Crippen molar-refractivity contribution in [2.75, 3.05) is 13.1 Å². The van der Waals surface area contributed by atoms with Crippen molar-refractivity contribution in [1.29, 1.82) is 0 Å². The predicted molar refractivity (Wildman–Crippen MR) is 77.9 cm³/mol. The number of hydrogen-bond donors (Lipinski definition) is 1. The van der Waals surface area contributed by atoms with Gasteiger partial charge in [-0.2, -0.15) is 13.2 Å². The largest absolute Gasteiger partial charge is 0.393 e. The molecule has 1 aliphatic heterocycles. The predicted octanol–water partition coefficient (Wildman–Crippen LogP) is 3.66. The third-order valence-corrected chi connectivity index (χ3v) is 4.47. The molecule has 1 aromatic carbocycles. The van der Waals surface area contributed by atoms with Gasteiger partial charge in [0.1, 0.15) is 0 Å². The van der Waals surface area contributed by atoms with Crippen molar-refractivity contribution in [2.24, 2.45) is 11.7 Å². The van der Waals surface area contributed by atoms with Gasteiger partial charge in [-0.3, -0.25) is 4.90 Å². The lowest BCUT2D eigenvalue weighted by molar-refractivity contribution is -0.188. The Kier molecular flexibility index (Phi) is 4.94. The number of aryl methyl sites for hydroxylation is 1. The summed E-state index contributed by atoms with van der Waals surface area (Å²) >= 11 is 0. The topological polar surface area (TPSA) is 29.3 Å². The fraction of sp³-hybridized carbons (Fsp3) is 0.625. The minimum absolute atomic E-state index is 0.0598. The average Bonchev–Trinajstić information content (AvgIpc) is 2.46. The molecule has 0 bridgehead atoms. The molecular weight excluding hydrogens is 277 g/mol. The van der Waals surface area contributed by atoms with Crippen molar-refractivity contribution in [2.45, 2.75) is 44.9 Å². The third-order valence-electron chi connectivity index (χ3n) is 4.47. The zero-order chi connectivity index (χ0) is 15.6. The Bertz CT molecular complexity index is 456. The molecule has 2 N–H and O–H groups in total. The van der Waals surface area contributed by atoms with Crippen molar-refractivity contribution in [3.8, 4) is 0 Å². The summed E-state index contributed by atoms with van der Waals surface area (Å²) in [7, 11) is 0. The van der Waals surface area contributed by atoms with Gasteiger partial charge in [-0.15, -0.1) is 0 Å². The van der Waals surface area contributed by atoms with Gasteiger partial charge in [-0.05, 0) is 38.8 Å². The Morgan fingerprint density at radius 2 is 1.86 bits per heavy atom. The van der Waals surface area contributed by atoms with Crippen LogP contribution in [0.4, 0.5) is 13.2 Å². The lowest BCUT2D eigenvalue weighted by atomic mass is 9.93. The lowest BCUT2D eigenvalue weighted by Crippen LogP contribution is -2.49. The van der Waals surface area contributed by atoms with Gasteiger partial charge in [0.15, 0.2) is 0 Å². The van der Waals surface area contributed by atoms with E-state index in [1.807, 2.05) is 43.0 Å². The maximum atomic E-state index is 12.9. The minimum atomic E-state index is -4.10. The summed E-state index contributed by atoms with van der Waals surface area (Å²) in [5, 5.41) is 0. The highest BCUT2D eigenvalue weighted by atomic mass is 19.4. The minimum Gasteiger partial charge on any atom is -0.323 e. The summed E-state index contributed by atoms with van der Waals surface area (Å²) in [6, 6.07) is 7.52. The third kappa shape index (κ3) is 3.98. The molecule has 1 aliphatic rings. The van der Waals surface area contributed by atoms with E-state index in [4.69, 9.17) is 5.73 Å². The van der Waals surface area contributed by atoms with E-state index >= 15 is 0 Å². The van der Waals surface area contributed by atoms with Gasteiger partial charge in [-0.25, -0.2) is 0 Å². The van der Waals surface area contributed by atoms with Gasteiger partial charge >= 0.3 is 6.18 Å². The first-order valence-corrected chi connectivity index (χ1v) is 7.42. The second-order valence-electron chi connectivity index (χ2n) is 6.05. The van der Waals surface area contributed by atoms with Gasteiger partial charge < -0.3 is 5.73 Å². The molecule has 2 rings (SSSR count). The maximum absolute atomic E-state index is 12.9. The molecule has 3 atom stereocenters. The number of benzene rings is 1. The molecule has 0 saturated carbocycles. The first kappa shape index (κ1) is 16.3. The van der Waals surface area contributed by atoms with E-state index in [0.29, 0.717) is 13.0 Å². The molecule has 5 heteroatoms. The van der Waals surface area contributed by atoms with E-state index in [1.165, 1.54) is 0 Å². The van der Waals surface area contributed by atoms with Crippen LogP contribution in [-0.2, 0) is 0 Å². The van der Waals surface area contributed by atoms with Gasteiger partial charge in [-0.1, -0.05) is 29.8 Å². The number of likely N-dealkylation sites (tertiary alicyclic amines) is 1. The highest BCUT2D eigenvalue weighted by Gasteiger charge is 2.42. The van der Waals surface area contributed by atoms with Crippen LogP contribution in [0.1, 0.15) is 36.9 Å². The summed E-state index contributed by atoms with van der Waals surface area (Å²) < 4.78 is 38.7. The standard InChI is InChI=1S/C16H23F3N2/c1-11-5-7-13(8-6-11)15(20)12(2)21-9-3-4-14(10-21)16(17,18)19/h5-8,12,14-15H,3-4,9-10,20H2,1-2H3. The first-order chi connectivity index (χ1) is 9.79. The fourth-order valence-corrected chi connectivity index (χ4v) is 2.94. The quantitative estimate of drug-likeness (QED) is 0.923. The number of alkyl halides is 3. The van der Waals surface area contributed by atoms with Crippen LogP contribution in [0.3, 0.4) is 0 Å². The molecule has 0 aliphatic carbocycles. The summed E-state index contributed by atoms with van der Waals surface area (Å²) in [6.45, 7) is 4.66. The summed E-state index contributed by atoms with van der Waals surface area (Å²) in [4.78, 5) is 1.88. The van der Waals surface area contributed by atoms with E-state index in [-0.39, 0.29) is 25.0 Å². The number of nitrogens with zero attached hydrogens (tertiary/aromatic N) is 1. The number of piperidine rings is 1. The van der Waals surface area contributed by atoms with Gasteiger partial charge in [0.25, 0.3) is 0 Å². The maximum Gasteiger partial charge on any atom is 0.393 e. The first-order valence-electron chi connectivity index (χ1n) is 7.42. The normalized spacial score (nSPS) is 23.8.